The van der Waals surface area contributed by atoms with E-state index < -0.39 is 0 Å². The lowest BCUT2D eigenvalue weighted by atomic mass is 9.98. The summed E-state index contributed by atoms with van der Waals surface area (Å²) in [4.78, 5) is 0. The first-order valence-electron chi connectivity index (χ1n) is 8.06. The van der Waals surface area contributed by atoms with Gasteiger partial charge in [0, 0.05) is 26.4 Å². The van der Waals surface area contributed by atoms with Gasteiger partial charge in [0.15, 0.2) is 0 Å². The van der Waals surface area contributed by atoms with Crippen molar-refractivity contribution in [2.45, 2.75) is 63.3 Å². The molecule has 1 aliphatic carbocycles. The molecule has 1 aliphatic heterocycles. The zero-order valence-corrected chi connectivity index (χ0v) is 12.9. The first kappa shape index (κ1) is 14.9. The Balaban J connectivity index is 1.44. The zero-order valence-electron chi connectivity index (χ0n) is 12.9. The molecule has 2 heterocycles. The van der Waals surface area contributed by atoms with Crippen molar-refractivity contribution in [3.05, 3.63) is 11.9 Å². The molecule has 1 unspecified atom stereocenters. The maximum Gasteiger partial charge on any atom is 0.0964 e. The molecule has 2 aliphatic rings. The molecule has 1 atom stereocenters. The predicted molar refractivity (Wildman–Crippen MR) is 78.9 cm³/mol. The van der Waals surface area contributed by atoms with Gasteiger partial charge in [0.2, 0.25) is 0 Å². The molecule has 1 N–H and O–H groups in total. The second-order valence-corrected chi connectivity index (χ2v) is 6.27. The van der Waals surface area contributed by atoms with Gasteiger partial charge in [-0.2, -0.15) is 0 Å². The Morgan fingerprint density at radius 1 is 1.43 bits per heavy atom. The maximum atomic E-state index is 6.32. The van der Waals surface area contributed by atoms with Crippen LogP contribution in [0.25, 0.3) is 0 Å². The number of aromatic nitrogens is 3. The SMILES string of the molecule is COCCNCc1cn(CC2CCC3(CCCC3)O2)nn1. The number of methoxy groups -OCH3 is 1. The van der Waals surface area contributed by atoms with E-state index in [1.54, 1.807) is 7.11 Å². The molecule has 1 aromatic heterocycles. The molecule has 0 radical (unpaired) electrons. The van der Waals surface area contributed by atoms with Crippen LogP contribution in [0.1, 0.15) is 44.2 Å². The highest BCUT2D eigenvalue weighted by Crippen LogP contribution is 2.43. The quantitative estimate of drug-likeness (QED) is 0.772. The number of hydrogen-bond donors (Lipinski definition) is 1. The van der Waals surface area contributed by atoms with Gasteiger partial charge in [-0.05, 0) is 25.7 Å². The predicted octanol–water partition coefficient (Wildman–Crippen LogP) is 1.51. The minimum atomic E-state index is 0.204. The van der Waals surface area contributed by atoms with E-state index in [1.165, 1.54) is 32.1 Å². The number of ether oxygens (including phenoxy) is 2. The van der Waals surface area contributed by atoms with Gasteiger partial charge in [0.25, 0.3) is 0 Å². The van der Waals surface area contributed by atoms with Gasteiger partial charge in [0.1, 0.15) is 0 Å². The van der Waals surface area contributed by atoms with E-state index >= 15 is 0 Å². The van der Waals surface area contributed by atoms with Gasteiger partial charge in [-0.15, -0.1) is 5.10 Å². The zero-order chi connectivity index (χ0) is 14.5. The molecule has 1 aromatic rings. The van der Waals surface area contributed by atoms with E-state index in [2.05, 4.69) is 15.6 Å². The van der Waals surface area contributed by atoms with E-state index in [0.717, 1.165) is 31.7 Å². The average molecular weight is 294 g/mol. The van der Waals surface area contributed by atoms with Crippen LogP contribution in [0.15, 0.2) is 6.20 Å². The van der Waals surface area contributed by atoms with Gasteiger partial charge in [-0.3, -0.25) is 0 Å². The number of hydrogen-bond acceptors (Lipinski definition) is 5. The Labute approximate surface area is 126 Å². The maximum absolute atomic E-state index is 6.32. The molecule has 1 spiro atoms. The standard InChI is InChI=1S/C15H26N4O2/c1-20-9-8-16-10-13-11-19(18-17-13)12-14-4-7-15(21-14)5-2-3-6-15/h11,14,16H,2-10,12H2,1H3. The first-order valence-corrected chi connectivity index (χ1v) is 8.06. The van der Waals surface area contributed by atoms with Gasteiger partial charge in [0.05, 0.1) is 30.6 Å². The van der Waals surface area contributed by atoms with Crippen LogP contribution in [0.3, 0.4) is 0 Å². The first-order chi connectivity index (χ1) is 10.3. The van der Waals surface area contributed by atoms with Crippen molar-refractivity contribution in [1.82, 2.24) is 20.3 Å². The third-order valence-electron chi connectivity index (χ3n) is 4.62. The number of rotatable bonds is 7. The van der Waals surface area contributed by atoms with Crippen LogP contribution < -0.4 is 5.32 Å². The summed E-state index contributed by atoms with van der Waals surface area (Å²) >= 11 is 0. The summed E-state index contributed by atoms with van der Waals surface area (Å²) in [6.45, 7) is 3.11. The van der Waals surface area contributed by atoms with E-state index in [-0.39, 0.29) is 5.60 Å². The molecule has 6 heteroatoms. The van der Waals surface area contributed by atoms with Crippen LogP contribution >= 0.6 is 0 Å². The van der Waals surface area contributed by atoms with Crippen molar-refractivity contribution in [2.24, 2.45) is 0 Å². The summed E-state index contributed by atoms with van der Waals surface area (Å²) in [6.07, 6.45) is 9.84. The molecule has 3 rings (SSSR count). The van der Waals surface area contributed by atoms with Crippen LogP contribution in [-0.2, 0) is 22.6 Å². The number of nitrogens with one attached hydrogen (secondary N) is 1. The molecule has 1 saturated heterocycles. The van der Waals surface area contributed by atoms with Crippen molar-refractivity contribution in [1.29, 1.82) is 0 Å². The van der Waals surface area contributed by atoms with Crippen LogP contribution in [0.2, 0.25) is 0 Å². The van der Waals surface area contributed by atoms with Crippen molar-refractivity contribution in [3.63, 3.8) is 0 Å². The molecular formula is C15H26N4O2. The normalized spacial score (nSPS) is 24.1. The fraction of sp³-hybridized carbons (Fsp3) is 0.867. The molecule has 21 heavy (non-hydrogen) atoms. The van der Waals surface area contributed by atoms with Crippen LogP contribution in [-0.4, -0.2) is 47.0 Å². The minimum absolute atomic E-state index is 0.204. The highest BCUT2D eigenvalue weighted by molar-refractivity contribution is 4.95. The van der Waals surface area contributed by atoms with Crippen molar-refractivity contribution < 1.29 is 9.47 Å². The molecular weight excluding hydrogens is 268 g/mol. The lowest BCUT2D eigenvalue weighted by molar-refractivity contribution is -0.0430. The van der Waals surface area contributed by atoms with Crippen molar-refractivity contribution >= 4 is 0 Å². The summed E-state index contributed by atoms with van der Waals surface area (Å²) in [6, 6.07) is 0. The van der Waals surface area contributed by atoms with Crippen LogP contribution in [0, 0.1) is 0 Å². The Bertz CT molecular complexity index is 443. The highest BCUT2D eigenvalue weighted by Gasteiger charge is 2.42. The summed E-state index contributed by atoms with van der Waals surface area (Å²) in [5.74, 6) is 0. The average Bonchev–Trinajstić information content (AvgIpc) is 3.20. The minimum Gasteiger partial charge on any atom is -0.383 e. The summed E-state index contributed by atoms with van der Waals surface area (Å²) < 4.78 is 13.2. The molecule has 1 saturated carbocycles. The van der Waals surface area contributed by atoms with Crippen LogP contribution in [0.4, 0.5) is 0 Å². The van der Waals surface area contributed by atoms with Gasteiger partial charge in [-0.1, -0.05) is 18.1 Å². The molecule has 2 fully saturated rings. The summed E-state index contributed by atoms with van der Waals surface area (Å²) in [7, 11) is 1.71. The summed E-state index contributed by atoms with van der Waals surface area (Å²) in [5.41, 5.74) is 1.18. The largest absolute Gasteiger partial charge is 0.383 e. The summed E-state index contributed by atoms with van der Waals surface area (Å²) in [5, 5.41) is 11.7. The van der Waals surface area contributed by atoms with E-state index in [4.69, 9.17) is 9.47 Å². The van der Waals surface area contributed by atoms with Gasteiger partial charge < -0.3 is 14.8 Å². The van der Waals surface area contributed by atoms with Gasteiger partial charge in [-0.25, -0.2) is 4.68 Å². The lowest BCUT2D eigenvalue weighted by Gasteiger charge is -2.23. The Morgan fingerprint density at radius 3 is 3.10 bits per heavy atom. The Kier molecular flexibility index (Phi) is 4.87. The van der Waals surface area contributed by atoms with E-state index in [0.29, 0.717) is 12.7 Å². The number of nitrogens with zero attached hydrogens (tertiary/aromatic N) is 3. The fourth-order valence-electron chi connectivity index (χ4n) is 3.52. The van der Waals surface area contributed by atoms with E-state index in [1.807, 2.05) is 10.9 Å². The highest BCUT2D eigenvalue weighted by atomic mass is 16.5. The molecule has 118 valence electrons. The third kappa shape index (κ3) is 3.81. The topological polar surface area (TPSA) is 61.2 Å². The van der Waals surface area contributed by atoms with Crippen molar-refractivity contribution in [3.8, 4) is 0 Å². The molecule has 0 bridgehead atoms. The smallest absolute Gasteiger partial charge is 0.0964 e. The Morgan fingerprint density at radius 2 is 2.29 bits per heavy atom. The molecule has 0 amide bonds. The Hall–Kier alpha value is -0.980. The van der Waals surface area contributed by atoms with E-state index in [9.17, 15) is 0 Å². The van der Waals surface area contributed by atoms with Gasteiger partial charge >= 0.3 is 0 Å². The second-order valence-electron chi connectivity index (χ2n) is 6.27. The second kappa shape index (κ2) is 6.85. The lowest BCUT2D eigenvalue weighted by Crippen LogP contribution is -2.26. The monoisotopic (exact) mass is 294 g/mol. The fourth-order valence-corrected chi connectivity index (χ4v) is 3.52. The van der Waals surface area contributed by atoms with Crippen LogP contribution in [0.5, 0.6) is 0 Å². The van der Waals surface area contributed by atoms with Crippen molar-refractivity contribution in [2.75, 3.05) is 20.3 Å². The molecule has 0 aromatic carbocycles. The molecule has 6 nitrogen and oxygen atoms in total. The third-order valence-corrected chi connectivity index (χ3v) is 4.62.